The second-order valence-corrected chi connectivity index (χ2v) is 7.24. The maximum Gasteiger partial charge on any atom is 0.154 e. The molecular formula is C11H16F2N2O2S. The molecule has 1 unspecified atom stereocenters. The maximum absolute atomic E-state index is 13.7. The third kappa shape index (κ3) is 2.68. The molecule has 1 rings (SSSR count). The Labute approximate surface area is 105 Å². The monoisotopic (exact) mass is 278 g/mol. The molecule has 0 heterocycles. The Morgan fingerprint density at radius 2 is 1.89 bits per heavy atom. The molecular weight excluding hydrogens is 262 g/mol. The summed E-state index contributed by atoms with van der Waals surface area (Å²) in [4.78, 5) is 0. The summed E-state index contributed by atoms with van der Waals surface area (Å²) in [6, 6.07) is 1.78. The summed E-state index contributed by atoms with van der Waals surface area (Å²) in [5.74, 6) is 3.93. The molecule has 0 aliphatic carbocycles. The fraction of sp³-hybridized carbons (Fsp3) is 0.455. The van der Waals surface area contributed by atoms with Crippen LogP contribution in [-0.2, 0) is 9.84 Å². The molecule has 0 bridgehead atoms. The van der Waals surface area contributed by atoms with Crippen molar-refractivity contribution in [2.45, 2.75) is 24.6 Å². The van der Waals surface area contributed by atoms with Crippen molar-refractivity contribution in [3.63, 3.8) is 0 Å². The van der Waals surface area contributed by atoms with E-state index in [2.05, 4.69) is 5.43 Å². The predicted molar refractivity (Wildman–Crippen MR) is 65.3 cm³/mol. The van der Waals surface area contributed by atoms with E-state index in [1.165, 1.54) is 13.8 Å². The smallest absolute Gasteiger partial charge is 0.154 e. The minimum absolute atomic E-state index is 0.118. The second kappa shape index (κ2) is 4.91. The summed E-state index contributed by atoms with van der Waals surface area (Å²) in [5.41, 5.74) is 2.13. The highest BCUT2D eigenvalue weighted by Crippen LogP contribution is 2.33. The summed E-state index contributed by atoms with van der Waals surface area (Å²) in [6.45, 7) is 2.80. The molecule has 1 atom stereocenters. The molecule has 4 nitrogen and oxygen atoms in total. The van der Waals surface area contributed by atoms with Gasteiger partial charge in [0.1, 0.15) is 11.6 Å². The number of hydrogen-bond donors (Lipinski definition) is 2. The van der Waals surface area contributed by atoms with Crippen LogP contribution in [0.4, 0.5) is 8.78 Å². The normalized spacial score (nSPS) is 14.6. The lowest BCUT2D eigenvalue weighted by Gasteiger charge is -2.32. The molecule has 7 heteroatoms. The molecule has 102 valence electrons. The summed E-state index contributed by atoms with van der Waals surface area (Å²) < 4.78 is 48.9. The van der Waals surface area contributed by atoms with Gasteiger partial charge in [0.05, 0.1) is 10.8 Å². The van der Waals surface area contributed by atoms with Crippen molar-refractivity contribution < 1.29 is 17.2 Å². The largest absolute Gasteiger partial charge is 0.271 e. The molecule has 1 aromatic carbocycles. The van der Waals surface area contributed by atoms with E-state index >= 15 is 0 Å². The molecule has 0 radical (unpaired) electrons. The first-order valence-corrected chi connectivity index (χ1v) is 7.11. The molecule has 0 aliphatic rings. The van der Waals surface area contributed by atoms with Crippen LogP contribution in [0.15, 0.2) is 18.2 Å². The topological polar surface area (TPSA) is 72.2 Å². The van der Waals surface area contributed by atoms with Crippen molar-refractivity contribution in [2.24, 2.45) is 5.84 Å². The van der Waals surface area contributed by atoms with Gasteiger partial charge in [0, 0.05) is 11.8 Å². The molecule has 0 saturated carbocycles. The van der Waals surface area contributed by atoms with Gasteiger partial charge in [-0.15, -0.1) is 0 Å². The van der Waals surface area contributed by atoms with E-state index in [4.69, 9.17) is 5.84 Å². The van der Waals surface area contributed by atoms with Crippen molar-refractivity contribution in [3.8, 4) is 0 Å². The van der Waals surface area contributed by atoms with Crippen LogP contribution in [0, 0.1) is 11.6 Å². The van der Waals surface area contributed by atoms with E-state index < -0.39 is 32.3 Å². The van der Waals surface area contributed by atoms with Crippen molar-refractivity contribution in [2.75, 3.05) is 6.26 Å². The minimum atomic E-state index is -3.52. The van der Waals surface area contributed by atoms with Crippen molar-refractivity contribution in [3.05, 3.63) is 35.4 Å². The number of hydrazine groups is 1. The van der Waals surface area contributed by atoms with Crippen molar-refractivity contribution in [1.29, 1.82) is 0 Å². The van der Waals surface area contributed by atoms with Gasteiger partial charge in [-0.3, -0.25) is 11.3 Å². The van der Waals surface area contributed by atoms with Gasteiger partial charge in [-0.1, -0.05) is 0 Å². The number of hydrogen-bond acceptors (Lipinski definition) is 4. The van der Waals surface area contributed by atoms with Crippen LogP contribution in [0.2, 0.25) is 0 Å². The second-order valence-electron chi connectivity index (χ2n) is 4.64. The highest BCUT2D eigenvalue weighted by atomic mass is 32.2. The summed E-state index contributed by atoms with van der Waals surface area (Å²) in [5, 5.41) is 0. The van der Waals surface area contributed by atoms with Gasteiger partial charge in [0.2, 0.25) is 0 Å². The van der Waals surface area contributed by atoms with Crippen LogP contribution in [0.5, 0.6) is 0 Å². The molecule has 1 aromatic rings. The molecule has 0 saturated heterocycles. The van der Waals surface area contributed by atoms with Crippen LogP contribution < -0.4 is 11.3 Å². The SMILES string of the molecule is CC(C)(C(NN)c1cc(F)ccc1F)S(C)(=O)=O. The Bertz CT molecular complexity index is 544. The molecule has 3 N–H and O–H groups in total. The van der Waals surface area contributed by atoms with Crippen LogP contribution in [0.25, 0.3) is 0 Å². The van der Waals surface area contributed by atoms with E-state index in [1.54, 1.807) is 0 Å². The van der Waals surface area contributed by atoms with Crippen LogP contribution in [-0.4, -0.2) is 19.4 Å². The van der Waals surface area contributed by atoms with Gasteiger partial charge in [0.25, 0.3) is 0 Å². The average molecular weight is 278 g/mol. The van der Waals surface area contributed by atoms with Gasteiger partial charge in [-0.05, 0) is 32.0 Å². The zero-order chi connectivity index (χ0) is 14.1. The van der Waals surface area contributed by atoms with Crippen LogP contribution in [0.1, 0.15) is 25.5 Å². The van der Waals surface area contributed by atoms with E-state index in [0.717, 1.165) is 24.5 Å². The lowest BCUT2D eigenvalue weighted by atomic mass is 9.95. The molecule has 0 spiro atoms. The lowest BCUT2D eigenvalue weighted by Crippen LogP contribution is -2.47. The average Bonchev–Trinajstić information content (AvgIpc) is 2.22. The van der Waals surface area contributed by atoms with Gasteiger partial charge < -0.3 is 0 Å². The van der Waals surface area contributed by atoms with Crippen molar-refractivity contribution in [1.82, 2.24) is 5.43 Å². The Kier molecular flexibility index (Phi) is 4.09. The fourth-order valence-electron chi connectivity index (χ4n) is 1.61. The third-order valence-electron chi connectivity index (χ3n) is 3.09. The fourth-order valence-corrected chi connectivity index (χ4v) is 2.24. The standard InChI is InChI=1S/C11H16F2N2O2S/c1-11(2,18(3,16)17)10(15-14)8-6-7(12)4-5-9(8)13/h4-6,10,15H,14H2,1-3H3. The molecule has 0 aromatic heterocycles. The highest BCUT2D eigenvalue weighted by Gasteiger charge is 2.40. The molecule has 0 fully saturated rings. The number of benzene rings is 1. The zero-order valence-electron chi connectivity index (χ0n) is 10.4. The Morgan fingerprint density at radius 1 is 1.33 bits per heavy atom. The summed E-state index contributed by atoms with van der Waals surface area (Å²) >= 11 is 0. The maximum atomic E-state index is 13.7. The van der Waals surface area contributed by atoms with E-state index in [0.29, 0.717) is 0 Å². The Hall–Kier alpha value is -1.05. The van der Waals surface area contributed by atoms with Gasteiger partial charge >= 0.3 is 0 Å². The third-order valence-corrected chi connectivity index (χ3v) is 5.23. The molecule has 18 heavy (non-hydrogen) atoms. The summed E-state index contributed by atoms with van der Waals surface area (Å²) in [7, 11) is -3.52. The van der Waals surface area contributed by atoms with E-state index in [-0.39, 0.29) is 5.56 Å². The quantitative estimate of drug-likeness (QED) is 0.643. The number of rotatable bonds is 4. The van der Waals surface area contributed by atoms with Crippen LogP contribution >= 0.6 is 0 Å². The van der Waals surface area contributed by atoms with Crippen LogP contribution in [0.3, 0.4) is 0 Å². The van der Waals surface area contributed by atoms with Gasteiger partial charge in [-0.2, -0.15) is 0 Å². The van der Waals surface area contributed by atoms with E-state index in [1.807, 2.05) is 0 Å². The first-order valence-electron chi connectivity index (χ1n) is 5.22. The Balaban J connectivity index is 3.39. The van der Waals surface area contributed by atoms with Gasteiger partial charge in [0.15, 0.2) is 9.84 Å². The Morgan fingerprint density at radius 3 is 2.33 bits per heavy atom. The van der Waals surface area contributed by atoms with Crippen molar-refractivity contribution >= 4 is 9.84 Å². The number of sulfone groups is 1. The van der Waals surface area contributed by atoms with Gasteiger partial charge in [-0.25, -0.2) is 17.2 Å². The first kappa shape index (κ1) is 15.0. The number of nitrogens with two attached hydrogens (primary N) is 1. The first-order chi connectivity index (χ1) is 8.11. The number of halogens is 2. The molecule has 0 aliphatic heterocycles. The van der Waals surface area contributed by atoms with E-state index in [9.17, 15) is 17.2 Å². The zero-order valence-corrected chi connectivity index (χ0v) is 11.2. The molecule has 0 amide bonds. The minimum Gasteiger partial charge on any atom is -0.271 e. The predicted octanol–water partition coefficient (Wildman–Crippen LogP) is 1.29. The summed E-state index contributed by atoms with van der Waals surface area (Å²) in [6.07, 6.45) is 1.02. The highest BCUT2D eigenvalue weighted by molar-refractivity contribution is 7.92. The number of nitrogens with one attached hydrogen (secondary N) is 1. The lowest BCUT2D eigenvalue weighted by molar-refractivity contribution is 0.410.